The summed E-state index contributed by atoms with van der Waals surface area (Å²) in [5.74, 6) is -0.128. The number of benzene rings is 2. The molecule has 4 aromatic rings. The molecule has 2 aromatic heterocycles. The Hall–Kier alpha value is -3.30. The van der Waals surface area contributed by atoms with Gasteiger partial charge in [-0.1, -0.05) is 23.7 Å². The maximum atomic E-state index is 14.5. The van der Waals surface area contributed by atoms with Gasteiger partial charge in [0.25, 0.3) is 0 Å². The van der Waals surface area contributed by atoms with E-state index in [9.17, 15) is 17.9 Å². The molecule has 4 rings (SSSR count). The molecule has 0 spiro atoms. The van der Waals surface area contributed by atoms with E-state index in [1.807, 2.05) is 0 Å². The molecule has 0 atom stereocenters. The highest BCUT2D eigenvalue weighted by molar-refractivity contribution is 7.92. The smallest absolute Gasteiger partial charge is 0.196 e. The van der Waals surface area contributed by atoms with Gasteiger partial charge >= 0.3 is 0 Å². The van der Waals surface area contributed by atoms with Crippen molar-refractivity contribution in [1.29, 1.82) is 0 Å². The Morgan fingerprint density at radius 3 is 2.59 bits per heavy atom. The van der Waals surface area contributed by atoms with Crippen LogP contribution in [0.3, 0.4) is 0 Å². The predicted octanol–water partition coefficient (Wildman–Crippen LogP) is 5.73. The van der Waals surface area contributed by atoms with E-state index in [2.05, 4.69) is 20.6 Å². The number of fused-ring (bicyclic) bond motifs is 1. The lowest BCUT2D eigenvalue weighted by Crippen LogP contribution is -2.15. The summed E-state index contributed by atoms with van der Waals surface area (Å²) in [7, 11) is -3.55. The molecule has 0 saturated heterocycles. The van der Waals surface area contributed by atoms with Gasteiger partial charge in [0.1, 0.15) is 11.6 Å². The van der Waals surface area contributed by atoms with Crippen LogP contribution in [-0.4, -0.2) is 28.7 Å². The van der Waals surface area contributed by atoms with Gasteiger partial charge in [-0.2, -0.15) is 0 Å². The van der Waals surface area contributed by atoms with Gasteiger partial charge in [-0.3, -0.25) is 0 Å². The van der Waals surface area contributed by atoms with Gasteiger partial charge in [0.2, 0.25) is 0 Å². The number of aromatic hydroxyl groups is 1. The highest BCUT2D eigenvalue weighted by Crippen LogP contribution is 2.33. The molecular weight excluding hydrogens is 455 g/mol. The third-order valence-electron chi connectivity index (χ3n) is 4.93. The number of para-hydroxylation sites is 1. The van der Waals surface area contributed by atoms with Crippen LogP contribution in [-0.2, 0) is 9.84 Å². The molecule has 0 unspecified atom stereocenters. The molecule has 0 aliphatic rings. The van der Waals surface area contributed by atoms with Crippen molar-refractivity contribution in [1.82, 2.24) is 9.97 Å². The number of aromatic nitrogens is 2. The molecule has 0 aliphatic heterocycles. The zero-order valence-electron chi connectivity index (χ0n) is 17.1. The lowest BCUT2D eigenvalue weighted by atomic mass is 10.2. The monoisotopic (exact) mass is 474 g/mol. The maximum absolute atomic E-state index is 14.5. The first kappa shape index (κ1) is 21.9. The molecule has 0 aliphatic carbocycles. The Bertz CT molecular complexity index is 1420. The normalized spacial score (nSPS) is 11.8. The van der Waals surface area contributed by atoms with Crippen LogP contribution in [0.5, 0.6) is 5.88 Å². The molecule has 0 radical (unpaired) electrons. The molecule has 4 N–H and O–H groups in total. The summed E-state index contributed by atoms with van der Waals surface area (Å²) in [5.41, 5.74) is 0.438. The topological polar surface area (TPSA) is 107 Å². The number of nitrogens with zero attached hydrogens (tertiary/aromatic N) is 1. The van der Waals surface area contributed by atoms with Crippen LogP contribution in [0.15, 0.2) is 59.6 Å². The predicted molar refractivity (Wildman–Crippen MR) is 124 cm³/mol. The molecule has 0 bridgehead atoms. The van der Waals surface area contributed by atoms with E-state index < -0.39 is 20.9 Å². The summed E-state index contributed by atoms with van der Waals surface area (Å²) in [5, 5.41) is 16.3. The Balaban J connectivity index is 1.68. The summed E-state index contributed by atoms with van der Waals surface area (Å²) in [6.07, 6.45) is 1.50. The summed E-state index contributed by atoms with van der Waals surface area (Å²) >= 11 is 6.28. The molecule has 7 nitrogen and oxygen atoms in total. The minimum absolute atomic E-state index is 0.0718. The van der Waals surface area contributed by atoms with Gasteiger partial charge in [0.15, 0.2) is 21.5 Å². The number of nitrogens with one attached hydrogen (secondary N) is 3. The van der Waals surface area contributed by atoms with Crippen LogP contribution in [0.2, 0.25) is 5.02 Å². The second-order valence-electron chi connectivity index (χ2n) is 7.42. The molecule has 32 heavy (non-hydrogen) atoms. The number of hydrogen-bond donors (Lipinski definition) is 4. The number of hydrogen-bond acceptors (Lipinski definition) is 6. The zero-order chi connectivity index (χ0) is 23.0. The number of rotatable bonds is 6. The first-order valence-electron chi connectivity index (χ1n) is 9.70. The zero-order valence-corrected chi connectivity index (χ0v) is 18.7. The van der Waals surface area contributed by atoms with Crippen LogP contribution in [0.4, 0.5) is 27.4 Å². The highest BCUT2D eigenvalue weighted by Gasteiger charge is 2.23. The summed E-state index contributed by atoms with van der Waals surface area (Å²) in [6, 6.07) is 12.3. The number of H-pyrrole nitrogens is 1. The van der Waals surface area contributed by atoms with Gasteiger partial charge in [0.05, 0.1) is 26.5 Å². The van der Waals surface area contributed by atoms with E-state index in [1.54, 1.807) is 44.2 Å². The van der Waals surface area contributed by atoms with Crippen molar-refractivity contribution in [2.45, 2.75) is 24.0 Å². The molecular formula is C22H20ClFN4O3S. The van der Waals surface area contributed by atoms with Crippen LogP contribution in [0, 0.1) is 5.82 Å². The van der Waals surface area contributed by atoms with Crippen molar-refractivity contribution >= 4 is 55.2 Å². The van der Waals surface area contributed by atoms with Crippen LogP contribution in [0.1, 0.15) is 13.8 Å². The van der Waals surface area contributed by atoms with Gasteiger partial charge in [-0.05, 0) is 50.2 Å². The Morgan fingerprint density at radius 2 is 1.84 bits per heavy atom. The van der Waals surface area contributed by atoms with Gasteiger partial charge in [0, 0.05) is 17.0 Å². The van der Waals surface area contributed by atoms with Crippen molar-refractivity contribution in [2.24, 2.45) is 0 Å². The average Bonchev–Trinajstić information content (AvgIpc) is 3.10. The standard InChI is InChI=1S/C22H20ClFN4O3S/c1-12(2)32(30,31)19-6-4-3-5-17(19)27-21-15(23)7-8-20(28-21)26-18-10-14-13(9-16(18)24)11-25-22(14)29/h3-12,25,29H,1-2H3,(H2,26,27,28). The van der Waals surface area contributed by atoms with Crippen molar-refractivity contribution in [2.75, 3.05) is 10.6 Å². The lowest BCUT2D eigenvalue weighted by Gasteiger charge is -2.16. The molecule has 166 valence electrons. The summed E-state index contributed by atoms with van der Waals surface area (Å²) < 4.78 is 39.9. The molecule has 2 aromatic carbocycles. The number of aromatic amines is 1. The minimum Gasteiger partial charge on any atom is -0.494 e. The summed E-state index contributed by atoms with van der Waals surface area (Å²) in [4.78, 5) is 7.14. The largest absolute Gasteiger partial charge is 0.494 e. The number of halogens is 2. The van der Waals surface area contributed by atoms with E-state index >= 15 is 0 Å². The molecule has 0 fully saturated rings. The van der Waals surface area contributed by atoms with Gasteiger partial charge in [-0.15, -0.1) is 0 Å². The highest BCUT2D eigenvalue weighted by atomic mass is 35.5. The molecule has 0 saturated carbocycles. The Morgan fingerprint density at radius 1 is 1.09 bits per heavy atom. The number of sulfone groups is 1. The quantitative estimate of drug-likeness (QED) is 0.284. The first-order chi connectivity index (χ1) is 15.2. The number of anilines is 4. The van der Waals surface area contributed by atoms with Gasteiger partial charge in [-0.25, -0.2) is 17.8 Å². The number of pyridine rings is 1. The molecule has 0 amide bonds. The van der Waals surface area contributed by atoms with E-state index in [1.165, 1.54) is 24.4 Å². The van der Waals surface area contributed by atoms with E-state index in [4.69, 9.17) is 11.6 Å². The van der Waals surface area contributed by atoms with Crippen LogP contribution in [0.25, 0.3) is 10.8 Å². The Kier molecular flexibility index (Phi) is 5.70. The SMILES string of the molecule is CC(C)S(=O)(=O)c1ccccc1Nc1nc(Nc2cc3c(O)[nH]cc3cc2F)ccc1Cl. The first-order valence-corrected chi connectivity index (χ1v) is 11.6. The average molecular weight is 475 g/mol. The minimum atomic E-state index is -3.55. The second kappa shape index (κ2) is 8.33. The molecule has 2 heterocycles. The second-order valence-corrected chi connectivity index (χ2v) is 10.3. The van der Waals surface area contributed by atoms with Crippen molar-refractivity contribution < 1.29 is 17.9 Å². The fourth-order valence-corrected chi connectivity index (χ4v) is 4.52. The van der Waals surface area contributed by atoms with Crippen LogP contribution >= 0.6 is 11.6 Å². The van der Waals surface area contributed by atoms with Crippen molar-refractivity contribution in [3.8, 4) is 5.88 Å². The van der Waals surface area contributed by atoms with Crippen molar-refractivity contribution in [3.63, 3.8) is 0 Å². The maximum Gasteiger partial charge on any atom is 0.196 e. The third-order valence-corrected chi connectivity index (χ3v) is 7.45. The van der Waals surface area contributed by atoms with Gasteiger partial charge < -0.3 is 20.7 Å². The Labute approximate surface area is 189 Å². The lowest BCUT2D eigenvalue weighted by molar-refractivity contribution is 0.462. The van der Waals surface area contributed by atoms with E-state index in [0.29, 0.717) is 16.5 Å². The van der Waals surface area contributed by atoms with E-state index in [0.717, 1.165) is 0 Å². The van der Waals surface area contributed by atoms with E-state index in [-0.39, 0.29) is 33.1 Å². The fourth-order valence-electron chi connectivity index (χ4n) is 3.17. The van der Waals surface area contributed by atoms with Crippen LogP contribution < -0.4 is 10.6 Å². The molecule has 10 heteroatoms. The fraction of sp³-hybridized carbons (Fsp3) is 0.136. The third kappa shape index (κ3) is 4.09. The summed E-state index contributed by atoms with van der Waals surface area (Å²) in [6.45, 7) is 3.21. The van der Waals surface area contributed by atoms with Crippen molar-refractivity contribution in [3.05, 3.63) is 65.6 Å².